The lowest BCUT2D eigenvalue weighted by Crippen LogP contribution is -2.58. The zero-order valence-electron chi connectivity index (χ0n) is 32.4. The molecule has 4 heterocycles. The number of fused-ring (bicyclic) bond motifs is 5. The Balaban J connectivity index is 1.06. The number of amides is 4. The number of halogens is 3. The van der Waals surface area contributed by atoms with Gasteiger partial charge in [0.05, 0.1) is 17.4 Å². The highest BCUT2D eigenvalue weighted by Crippen LogP contribution is 2.46. The predicted molar refractivity (Wildman–Crippen MR) is 210 cm³/mol. The lowest BCUT2D eigenvalue weighted by Gasteiger charge is -2.30. The molecule has 0 bridgehead atoms. The van der Waals surface area contributed by atoms with Crippen LogP contribution in [0.25, 0.3) is 33.5 Å². The van der Waals surface area contributed by atoms with E-state index >= 15 is 0 Å². The molecule has 316 valence electrons. The Kier molecular flexibility index (Phi) is 10.1. The van der Waals surface area contributed by atoms with Gasteiger partial charge in [-0.1, -0.05) is 49.3 Å². The summed E-state index contributed by atoms with van der Waals surface area (Å²) in [7, 11) is -3.95. The minimum absolute atomic E-state index is 0.0456. The second-order valence-corrected chi connectivity index (χ2v) is 18.5. The van der Waals surface area contributed by atoms with Crippen molar-refractivity contribution in [3.63, 3.8) is 0 Å². The van der Waals surface area contributed by atoms with Crippen LogP contribution in [-0.2, 0) is 35.4 Å². The van der Waals surface area contributed by atoms with Crippen molar-refractivity contribution in [3.05, 3.63) is 66.2 Å². The number of alkyl halides is 3. The van der Waals surface area contributed by atoms with Crippen molar-refractivity contribution in [1.82, 2.24) is 30.2 Å². The van der Waals surface area contributed by atoms with E-state index in [2.05, 4.69) is 25.3 Å². The molecule has 1 saturated heterocycles. The lowest BCUT2D eigenvalue weighted by molar-refractivity contribution is -0.142. The number of hydrogen-bond acceptors (Lipinski definition) is 10. The summed E-state index contributed by atoms with van der Waals surface area (Å²) < 4.78 is 81.0. The van der Waals surface area contributed by atoms with E-state index < -0.39 is 74.4 Å². The SMILES string of the molecule is O=C(N[C@H]1CCCCCC=C[C@@H]2C[C@@]2(C(=O)NS(=O)(=O)C2CC2)NC(=O)[C@@H]2C[C@@H](Oc3nc(-c4ccc(C(F)(F)F)cc4)nc4c3oc3ccccc34)CN2C1=O)C1CC1. The summed E-state index contributed by atoms with van der Waals surface area (Å²) in [5.41, 5.74) is -1.24. The average Bonchev–Trinajstić information content (AvgIpc) is 4.14. The third kappa shape index (κ3) is 7.92. The van der Waals surface area contributed by atoms with E-state index in [9.17, 15) is 40.8 Å². The molecule has 2 aromatic heterocycles. The van der Waals surface area contributed by atoms with E-state index in [4.69, 9.17) is 9.15 Å². The first-order valence-corrected chi connectivity index (χ1v) is 21.9. The molecule has 3 aliphatic carbocycles. The highest BCUT2D eigenvalue weighted by molar-refractivity contribution is 7.91. The van der Waals surface area contributed by atoms with Gasteiger partial charge in [-0.3, -0.25) is 23.9 Å². The third-order valence-electron chi connectivity index (χ3n) is 12.0. The molecule has 5 atom stereocenters. The van der Waals surface area contributed by atoms with Crippen molar-refractivity contribution in [2.45, 2.75) is 106 Å². The van der Waals surface area contributed by atoms with Gasteiger partial charge in [-0.25, -0.2) is 13.4 Å². The van der Waals surface area contributed by atoms with Crippen LogP contribution in [0.5, 0.6) is 5.88 Å². The van der Waals surface area contributed by atoms with E-state index in [1.807, 2.05) is 12.2 Å². The van der Waals surface area contributed by atoms with Crippen molar-refractivity contribution < 1.29 is 49.9 Å². The van der Waals surface area contributed by atoms with Gasteiger partial charge >= 0.3 is 6.18 Å². The number of furan rings is 1. The quantitative estimate of drug-likeness (QED) is 0.196. The van der Waals surface area contributed by atoms with Crippen molar-refractivity contribution in [3.8, 4) is 17.3 Å². The van der Waals surface area contributed by atoms with Crippen molar-refractivity contribution in [2.24, 2.45) is 11.8 Å². The minimum Gasteiger partial charge on any atom is -0.470 e. The van der Waals surface area contributed by atoms with Crippen LogP contribution in [0.1, 0.15) is 76.2 Å². The molecule has 0 spiro atoms. The number of carbonyl (C=O) groups is 4. The van der Waals surface area contributed by atoms with Crippen LogP contribution in [0.3, 0.4) is 0 Å². The summed E-state index contributed by atoms with van der Waals surface area (Å²) in [4.78, 5) is 66.6. The first-order chi connectivity index (χ1) is 28.7. The molecular weight excluding hydrogens is 806 g/mol. The summed E-state index contributed by atoms with van der Waals surface area (Å²) in [6.45, 7) is -0.146. The summed E-state index contributed by atoms with van der Waals surface area (Å²) in [5, 5.41) is 5.69. The number of allylic oxidation sites excluding steroid dienone is 1. The number of sulfonamides is 1. The molecular formula is C42H43F3N6O8S. The number of nitrogens with zero attached hydrogens (tertiary/aromatic N) is 3. The topological polar surface area (TPSA) is 190 Å². The highest BCUT2D eigenvalue weighted by atomic mass is 32.2. The van der Waals surface area contributed by atoms with Gasteiger partial charge in [0.15, 0.2) is 5.82 Å². The van der Waals surface area contributed by atoms with Crippen LogP contribution in [0.15, 0.2) is 65.1 Å². The zero-order chi connectivity index (χ0) is 42.0. The van der Waals surface area contributed by atoms with Crippen LogP contribution >= 0.6 is 0 Å². The summed E-state index contributed by atoms with van der Waals surface area (Å²) in [5.74, 6) is -2.99. The minimum atomic E-state index is -4.56. The third-order valence-corrected chi connectivity index (χ3v) is 13.9. The van der Waals surface area contributed by atoms with E-state index in [0.717, 1.165) is 37.8 Å². The van der Waals surface area contributed by atoms with E-state index in [-0.39, 0.29) is 54.1 Å². The molecule has 3 saturated carbocycles. The fourth-order valence-corrected chi connectivity index (χ4v) is 9.59. The first-order valence-electron chi connectivity index (χ1n) is 20.4. The Labute approximate surface area is 342 Å². The standard InChI is InChI=1S/C42H43F3N6O8S/c43-42(44,45)25-16-14-23(15-17-25)35-47-33-29-9-6-7-11-32(29)59-34(33)38(48-35)58-27-20-31-37(53)49-41(40(55)50-60(56,57)28-18-19-28)21-26(41)8-4-2-1-3-5-10-30(39(54)51(31)22-27)46-36(52)24-12-13-24/h4,6-9,11,14-17,24,26-28,30-31H,1-3,5,10,12-13,18-22H2,(H,46,52)(H,49,53)(H,50,55)/t26-,27-,30+,31+,41-/m1/s1. The van der Waals surface area contributed by atoms with Gasteiger partial charge in [0.2, 0.25) is 33.3 Å². The zero-order valence-corrected chi connectivity index (χ0v) is 33.2. The second-order valence-electron chi connectivity index (χ2n) is 16.5. The van der Waals surface area contributed by atoms with Crippen molar-refractivity contribution >= 4 is 55.7 Å². The molecule has 14 nitrogen and oxygen atoms in total. The van der Waals surface area contributed by atoms with Crippen LogP contribution in [0.2, 0.25) is 0 Å². The number of ether oxygens (including phenoxy) is 1. The van der Waals surface area contributed by atoms with Crippen molar-refractivity contribution in [2.75, 3.05) is 6.54 Å². The fraction of sp³-hybridized carbons (Fsp3) is 0.476. The Bertz CT molecular complexity index is 2520. The molecule has 3 N–H and O–H groups in total. The van der Waals surface area contributed by atoms with E-state index in [1.54, 1.807) is 24.3 Å². The maximum Gasteiger partial charge on any atom is 0.416 e. The number of nitrogens with one attached hydrogen (secondary N) is 3. The van der Waals surface area contributed by atoms with Crippen LogP contribution in [-0.4, -0.2) is 82.4 Å². The maximum atomic E-state index is 14.6. The number of aromatic nitrogens is 2. The molecule has 4 fully saturated rings. The largest absolute Gasteiger partial charge is 0.470 e. The molecule has 4 amide bonds. The second kappa shape index (κ2) is 15.2. The van der Waals surface area contributed by atoms with E-state index in [0.29, 0.717) is 48.6 Å². The molecule has 0 radical (unpaired) electrons. The first kappa shape index (κ1) is 39.9. The number of benzene rings is 2. The van der Waals surface area contributed by atoms with E-state index in [1.165, 1.54) is 17.0 Å². The molecule has 9 rings (SSSR count). The molecule has 2 aliphatic heterocycles. The number of rotatable bonds is 8. The van der Waals surface area contributed by atoms with Gasteiger partial charge in [0.1, 0.15) is 34.8 Å². The Morgan fingerprint density at radius 2 is 1.73 bits per heavy atom. The van der Waals surface area contributed by atoms with Gasteiger partial charge in [0.25, 0.3) is 11.8 Å². The Morgan fingerprint density at radius 3 is 2.47 bits per heavy atom. The number of para-hydroxylation sites is 1. The van der Waals surface area contributed by atoms with Crippen molar-refractivity contribution in [1.29, 1.82) is 0 Å². The Morgan fingerprint density at radius 1 is 0.967 bits per heavy atom. The fourth-order valence-electron chi connectivity index (χ4n) is 8.22. The predicted octanol–water partition coefficient (Wildman–Crippen LogP) is 5.31. The lowest BCUT2D eigenvalue weighted by atomic mass is 10.0. The van der Waals surface area contributed by atoms with Gasteiger partial charge in [-0.05, 0) is 75.6 Å². The molecule has 18 heteroatoms. The van der Waals surface area contributed by atoms with Gasteiger partial charge in [-0.15, -0.1) is 0 Å². The average molecular weight is 849 g/mol. The molecule has 2 aromatic carbocycles. The smallest absolute Gasteiger partial charge is 0.416 e. The van der Waals surface area contributed by atoms with Crippen LogP contribution in [0, 0.1) is 11.8 Å². The maximum absolute atomic E-state index is 14.6. The Hall–Kier alpha value is -5.52. The molecule has 4 aromatic rings. The highest BCUT2D eigenvalue weighted by Gasteiger charge is 2.62. The molecule has 60 heavy (non-hydrogen) atoms. The molecule has 0 unspecified atom stereocenters. The summed E-state index contributed by atoms with van der Waals surface area (Å²) in [6.07, 6.45) is 3.77. The van der Waals surface area contributed by atoms with Gasteiger partial charge in [-0.2, -0.15) is 18.2 Å². The normalized spacial score (nSPS) is 26.4. The van der Waals surface area contributed by atoms with Gasteiger partial charge < -0.3 is 24.7 Å². The number of hydrogen-bond donors (Lipinski definition) is 3. The molecule has 5 aliphatic rings. The number of carbonyl (C=O) groups excluding carboxylic acids is 4. The van der Waals surface area contributed by atoms with Crippen LogP contribution in [0.4, 0.5) is 13.2 Å². The van der Waals surface area contributed by atoms with Crippen LogP contribution < -0.4 is 20.1 Å². The monoisotopic (exact) mass is 848 g/mol. The summed E-state index contributed by atoms with van der Waals surface area (Å²) >= 11 is 0. The van der Waals surface area contributed by atoms with Gasteiger partial charge in [0, 0.05) is 29.2 Å². The summed E-state index contributed by atoms with van der Waals surface area (Å²) in [6, 6.07) is 9.21.